The monoisotopic (exact) mass is 295 g/mol. The van der Waals surface area contributed by atoms with E-state index in [-0.39, 0.29) is 22.8 Å². The third kappa shape index (κ3) is 3.15. The second-order valence-electron chi connectivity index (χ2n) is 4.07. The summed E-state index contributed by atoms with van der Waals surface area (Å²) in [4.78, 5) is 0.0267. The zero-order valence-corrected chi connectivity index (χ0v) is 11.7. The highest BCUT2D eigenvalue weighted by Crippen LogP contribution is 2.22. The highest BCUT2D eigenvalue weighted by molar-refractivity contribution is 7.89. The highest BCUT2D eigenvalue weighted by Gasteiger charge is 2.18. The fourth-order valence-electron chi connectivity index (χ4n) is 1.73. The maximum Gasteiger partial charge on any atom is 0.244 e. The molecule has 0 fully saturated rings. The molecule has 106 valence electrons. The fourth-order valence-corrected chi connectivity index (χ4v) is 2.91. The van der Waals surface area contributed by atoms with E-state index < -0.39 is 15.8 Å². The van der Waals surface area contributed by atoms with E-state index in [1.807, 2.05) is 0 Å². The number of sulfonamides is 1. The van der Waals surface area contributed by atoms with Gasteiger partial charge in [-0.3, -0.25) is 0 Å². The first kappa shape index (κ1) is 14.5. The molecular weight excluding hydrogens is 281 g/mol. The van der Waals surface area contributed by atoms with E-state index in [2.05, 4.69) is 4.72 Å². The number of ether oxygens (including phenoxy) is 1. The van der Waals surface area contributed by atoms with Gasteiger partial charge in [0.15, 0.2) is 0 Å². The average molecular weight is 295 g/mol. The molecule has 0 saturated heterocycles. The van der Waals surface area contributed by atoms with Gasteiger partial charge in [-0.15, -0.1) is 0 Å². The molecule has 0 amide bonds. The summed E-state index contributed by atoms with van der Waals surface area (Å²) in [6.45, 7) is -0.118. The lowest BCUT2D eigenvalue weighted by Gasteiger charge is -2.10. The van der Waals surface area contributed by atoms with Gasteiger partial charge in [0.25, 0.3) is 0 Å². The molecule has 0 spiro atoms. The smallest absolute Gasteiger partial charge is 0.244 e. The minimum absolute atomic E-state index is 0.0267. The Hall–Kier alpha value is -1.92. The van der Waals surface area contributed by atoms with Gasteiger partial charge in [-0.25, -0.2) is 17.5 Å². The zero-order chi connectivity index (χ0) is 14.6. The lowest BCUT2D eigenvalue weighted by Crippen LogP contribution is -2.24. The molecule has 0 bridgehead atoms. The van der Waals surface area contributed by atoms with Crippen LogP contribution in [0.3, 0.4) is 0 Å². The molecule has 4 nitrogen and oxygen atoms in total. The van der Waals surface area contributed by atoms with Crippen molar-refractivity contribution in [2.75, 3.05) is 7.11 Å². The highest BCUT2D eigenvalue weighted by atomic mass is 32.2. The third-order valence-electron chi connectivity index (χ3n) is 2.77. The Kier molecular flexibility index (Phi) is 4.36. The Morgan fingerprint density at radius 1 is 1.10 bits per heavy atom. The molecule has 0 aromatic heterocycles. The van der Waals surface area contributed by atoms with Crippen LogP contribution in [-0.4, -0.2) is 15.5 Å². The van der Waals surface area contributed by atoms with Crippen molar-refractivity contribution in [2.45, 2.75) is 11.4 Å². The van der Waals surface area contributed by atoms with Gasteiger partial charge in [0, 0.05) is 12.1 Å². The van der Waals surface area contributed by atoms with Crippen molar-refractivity contribution in [3.8, 4) is 5.75 Å². The third-order valence-corrected chi connectivity index (χ3v) is 4.21. The number of methoxy groups -OCH3 is 1. The average Bonchev–Trinajstić information content (AvgIpc) is 2.46. The number of benzene rings is 2. The van der Waals surface area contributed by atoms with Gasteiger partial charge < -0.3 is 4.74 Å². The van der Waals surface area contributed by atoms with E-state index in [9.17, 15) is 12.8 Å². The minimum Gasteiger partial charge on any atom is -0.495 e. The topological polar surface area (TPSA) is 55.4 Å². The van der Waals surface area contributed by atoms with Gasteiger partial charge in [-0.05, 0) is 18.2 Å². The van der Waals surface area contributed by atoms with Gasteiger partial charge in [0.1, 0.15) is 16.5 Å². The predicted molar refractivity (Wildman–Crippen MR) is 73.4 cm³/mol. The van der Waals surface area contributed by atoms with E-state index >= 15 is 0 Å². The summed E-state index contributed by atoms with van der Waals surface area (Å²) < 4.78 is 45.2. The first-order valence-corrected chi connectivity index (χ1v) is 7.39. The van der Waals surface area contributed by atoms with Crippen LogP contribution in [0.25, 0.3) is 0 Å². The number of rotatable bonds is 5. The molecule has 0 atom stereocenters. The van der Waals surface area contributed by atoms with Gasteiger partial charge >= 0.3 is 0 Å². The SMILES string of the molecule is COc1ccccc1S(=O)(=O)NCc1ccccc1F. The summed E-state index contributed by atoms with van der Waals surface area (Å²) in [6, 6.07) is 12.3. The van der Waals surface area contributed by atoms with Crippen molar-refractivity contribution in [3.05, 3.63) is 59.9 Å². The Balaban J connectivity index is 2.22. The fraction of sp³-hybridized carbons (Fsp3) is 0.143. The van der Waals surface area contributed by atoms with Crippen LogP contribution < -0.4 is 9.46 Å². The van der Waals surface area contributed by atoms with E-state index in [0.717, 1.165) is 0 Å². The van der Waals surface area contributed by atoms with Crippen molar-refractivity contribution in [3.63, 3.8) is 0 Å². The number of nitrogens with one attached hydrogen (secondary N) is 1. The Morgan fingerprint density at radius 3 is 2.45 bits per heavy atom. The molecule has 20 heavy (non-hydrogen) atoms. The summed E-state index contributed by atoms with van der Waals surface area (Å²) in [5.41, 5.74) is 0.283. The standard InChI is InChI=1S/C14H14FNO3S/c1-19-13-8-4-5-9-14(13)20(17,18)16-10-11-6-2-3-7-12(11)15/h2-9,16H,10H2,1H3. The summed E-state index contributed by atoms with van der Waals surface area (Å²) >= 11 is 0. The molecule has 6 heteroatoms. The second-order valence-corrected chi connectivity index (χ2v) is 5.80. The summed E-state index contributed by atoms with van der Waals surface area (Å²) in [6.07, 6.45) is 0. The molecule has 0 radical (unpaired) electrons. The summed E-state index contributed by atoms with van der Waals surface area (Å²) in [5.74, 6) is -0.205. The van der Waals surface area contributed by atoms with E-state index in [1.54, 1.807) is 30.3 Å². The van der Waals surface area contributed by atoms with E-state index in [4.69, 9.17) is 4.74 Å². The molecule has 2 aromatic rings. The first-order valence-electron chi connectivity index (χ1n) is 5.90. The maximum atomic E-state index is 13.5. The van der Waals surface area contributed by atoms with E-state index in [1.165, 1.54) is 25.3 Å². The Morgan fingerprint density at radius 2 is 1.75 bits per heavy atom. The van der Waals surface area contributed by atoms with Gasteiger partial charge in [0.05, 0.1) is 7.11 Å². The van der Waals surface area contributed by atoms with Crippen molar-refractivity contribution >= 4 is 10.0 Å². The quantitative estimate of drug-likeness (QED) is 0.921. The van der Waals surface area contributed by atoms with Gasteiger partial charge in [-0.1, -0.05) is 30.3 Å². The number of hydrogen-bond donors (Lipinski definition) is 1. The lowest BCUT2D eigenvalue weighted by atomic mass is 10.2. The van der Waals surface area contributed by atoms with Gasteiger partial charge in [-0.2, -0.15) is 0 Å². The molecule has 0 aliphatic carbocycles. The molecule has 0 aliphatic heterocycles. The van der Waals surface area contributed by atoms with Crippen LogP contribution >= 0.6 is 0 Å². The summed E-state index contributed by atoms with van der Waals surface area (Å²) in [5, 5.41) is 0. The normalized spacial score (nSPS) is 11.3. The van der Waals surface area contributed by atoms with Crippen molar-refractivity contribution in [1.82, 2.24) is 4.72 Å². The van der Waals surface area contributed by atoms with Crippen molar-refractivity contribution in [1.29, 1.82) is 0 Å². The zero-order valence-electron chi connectivity index (χ0n) is 10.8. The largest absolute Gasteiger partial charge is 0.495 e. The minimum atomic E-state index is -3.76. The van der Waals surface area contributed by atoms with Crippen molar-refractivity contribution in [2.24, 2.45) is 0 Å². The number of hydrogen-bond acceptors (Lipinski definition) is 3. The molecule has 2 rings (SSSR count). The molecule has 2 aromatic carbocycles. The predicted octanol–water partition coefficient (Wildman–Crippen LogP) is 2.31. The van der Waals surface area contributed by atoms with Crippen LogP contribution in [0, 0.1) is 5.82 Å². The van der Waals surface area contributed by atoms with Crippen LogP contribution in [0.15, 0.2) is 53.4 Å². The van der Waals surface area contributed by atoms with Crippen LogP contribution in [0.5, 0.6) is 5.75 Å². The van der Waals surface area contributed by atoms with Crippen molar-refractivity contribution < 1.29 is 17.5 Å². The molecule has 0 aliphatic rings. The first-order chi connectivity index (χ1) is 9.54. The Labute approximate surface area is 117 Å². The molecular formula is C14H14FNO3S. The maximum absolute atomic E-state index is 13.5. The van der Waals surface area contributed by atoms with Crippen LogP contribution in [0.1, 0.15) is 5.56 Å². The number of halogens is 1. The second kappa shape index (κ2) is 6.02. The molecule has 0 unspecified atom stereocenters. The van der Waals surface area contributed by atoms with Gasteiger partial charge in [0.2, 0.25) is 10.0 Å². The van der Waals surface area contributed by atoms with Crippen LogP contribution in [-0.2, 0) is 16.6 Å². The summed E-state index contributed by atoms with van der Waals surface area (Å²) in [7, 11) is -2.37. The molecule has 0 heterocycles. The van der Waals surface area contributed by atoms with E-state index in [0.29, 0.717) is 0 Å². The Bertz CT molecular complexity index is 701. The van der Waals surface area contributed by atoms with Crippen LogP contribution in [0.2, 0.25) is 0 Å². The molecule has 0 saturated carbocycles. The number of para-hydroxylation sites is 1. The molecule has 1 N–H and O–H groups in total. The lowest BCUT2D eigenvalue weighted by molar-refractivity contribution is 0.402. The van der Waals surface area contributed by atoms with Crippen LogP contribution in [0.4, 0.5) is 4.39 Å².